The van der Waals surface area contributed by atoms with Gasteiger partial charge in [0.25, 0.3) is 11.8 Å². The minimum absolute atomic E-state index is 0.199. The predicted molar refractivity (Wildman–Crippen MR) is 147 cm³/mol. The van der Waals surface area contributed by atoms with Crippen LogP contribution in [0, 0.1) is 0 Å². The number of methoxy groups -OCH3 is 1. The summed E-state index contributed by atoms with van der Waals surface area (Å²) in [4.78, 5) is 24.7. The number of rotatable bonds is 10. The molecular formula is C25H22Br2ClN3O5. The van der Waals surface area contributed by atoms with Crippen LogP contribution in [0.15, 0.2) is 68.6 Å². The van der Waals surface area contributed by atoms with Crippen molar-refractivity contribution in [3.63, 3.8) is 0 Å². The number of hydrogen-bond donors (Lipinski definition) is 2. The van der Waals surface area contributed by atoms with E-state index in [0.29, 0.717) is 54.6 Å². The lowest BCUT2D eigenvalue weighted by molar-refractivity contribution is -0.118. The van der Waals surface area contributed by atoms with E-state index >= 15 is 0 Å². The number of amides is 2. The Hall–Kier alpha value is -3.08. The van der Waals surface area contributed by atoms with E-state index in [0.717, 1.165) is 0 Å². The van der Waals surface area contributed by atoms with Gasteiger partial charge in [-0.25, -0.2) is 5.43 Å². The van der Waals surface area contributed by atoms with Crippen LogP contribution in [-0.2, 0) is 4.79 Å². The molecule has 3 aromatic rings. The van der Waals surface area contributed by atoms with Gasteiger partial charge in [0.05, 0.1) is 28.9 Å². The van der Waals surface area contributed by atoms with E-state index in [1.807, 2.05) is 6.92 Å². The number of carbonyl (C=O) groups is 2. The quantitative estimate of drug-likeness (QED) is 0.208. The van der Waals surface area contributed by atoms with Crippen molar-refractivity contribution in [3.8, 4) is 17.2 Å². The summed E-state index contributed by atoms with van der Waals surface area (Å²) in [6, 6.07) is 15.1. The van der Waals surface area contributed by atoms with Gasteiger partial charge in [0.1, 0.15) is 5.75 Å². The van der Waals surface area contributed by atoms with Gasteiger partial charge in [-0.15, -0.1) is 0 Å². The van der Waals surface area contributed by atoms with Crippen LogP contribution in [-0.4, -0.2) is 38.4 Å². The Morgan fingerprint density at radius 3 is 2.33 bits per heavy atom. The van der Waals surface area contributed by atoms with Crippen molar-refractivity contribution < 1.29 is 23.8 Å². The number of nitrogens with one attached hydrogen (secondary N) is 2. The van der Waals surface area contributed by atoms with Crippen LogP contribution in [0.5, 0.6) is 17.2 Å². The number of ether oxygens (including phenoxy) is 3. The highest BCUT2D eigenvalue weighted by Crippen LogP contribution is 2.34. The number of hydrazone groups is 1. The number of hydrogen-bond acceptors (Lipinski definition) is 6. The zero-order chi connectivity index (χ0) is 26.1. The fourth-order valence-electron chi connectivity index (χ4n) is 2.98. The fraction of sp³-hybridized carbons (Fsp3) is 0.160. The highest BCUT2D eigenvalue weighted by Gasteiger charge is 2.13. The van der Waals surface area contributed by atoms with Gasteiger partial charge in [-0.1, -0.05) is 11.6 Å². The van der Waals surface area contributed by atoms with Gasteiger partial charge < -0.3 is 19.5 Å². The first-order valence-corrected chi connectivity index (χ1v) is 12.6. The Balaban J connectivity index is 1.59. The Bertz CT molecular complexity index is 1250. The highest BCUT2D eigenvalue weighted by molar-refractivity contribution is 9.11. The van der Waals surface area contributed by atoms with Crippen LogP contribution in [0.2, 0.25) is 5.02 Å². The summed E-state index contributed by atoms with van der Waals surface area (Å²) in [6.45, 7) is 2.09. The van der Waals surface area contributed by atoms with Crippen molar-refractivity contribution in [2.45, 2.75) is 6.92 Å². The Morgan fingerprint density at radius 1 is 1.00 bits per heavy atom. The molecule has 0 bridgehead atoms. The maximum absolute atomic E-state index is 12.5. The molecule has 0 aliphatic carbocycles. The number of benzene rings is 3. The summed E-state index contributed by atoms with van der Waals surface area (Å²) in [5.41, 5.74) is 4.15. The molecule has 0 saturated heterocycles. The smallest absolute Gasteiger partial charge is 0.271 e. The second kappa shape index (κ2) is 13.3. The summed E-state index contributed by atoms with van der Waals surface area (Å²) < 4.78 is 17.6. The summed E-state index contributed by atoms with van der Waals surface area (Å²) in [6.07, 6.45) is 1.48. The molecule has 2 amide bonds. The van der Waals surface area contributed by atoms with Crippen molar-refractivity contribution in [3.05, 3.63) is 79.7 Å². The minimum Gasteiger partial charge on any atom is -0.493 e. The van der Waals surface area contributed by atoms with Crippen LogP contribution < -0.4 is 25.0 Å². The maximum Gasteiger partial charge on any atom is 0.271 e. The van der Waals surface area contributed by atoms with Gasteiger partial charge in [0.15, 0.2) is 18.1 Å². The fourth-order valence-corrected chi connectivity index (χ4v) is 4.55. The number of halogens is 3. The maximum atomic E-state index is 12.5. The summed E-state index contributed by atoms with van der Waals surface area (Å²) in [7, 11) is 1.53. The molecule has 0 aromatic heterocycles. The number of carbonyl (C=O) groups excluding carboxylic acids is 2. The van der Waals surface area contributed by atoms with E-state index in [-0.39, 0.29) is 12.5 Å². The molecule has 0 spiro atoms. The average molecular weight is 640 g/mol. The van der Waals surface area contributed by atoms with Crippen LogP contribution >= 0.6 is 43.5 Å². The van der Waals surface area contributed by atoms with Crippen molar-refractivity contribution in [1.82, 2.24) is 5.43 Å². The molecule has 36 heavy (non-hydrogen) atoms. The zero-order valence-electron chi connectivity index (χ0n) is 19.3. The molecule has 0 unspecified atom stereocenters. The minimum atomic E-state index is -0.403. The predicted octanol–water partition coefficient (Wildman–Crippen LogP) is 6.05. The summed E-state index contributed by atoms with van der Waals surface area (Å²) in [5.74, 6) is 0.734. The van der Waals surface area contributed by atoms with Gasteiger partial charge in [-0.2, -0.15) is 5.10 Å². The first kappa shape index (κ1) is 27.5. The SMILES string of the molecule is CCOc1cc(C(=O)N/N=C/c2cc(Br)c(OCC(=O)Nc3ccc(Cl)cc3)c(Br)c2)ccc1OC. The van der Waals surface area contributed by atoms with Crippen LogP contribution in [0.1, 0.15) is 22.8 Å². The monoisotopic (exact) mass is 637 g/mol. The molecule has 0 atom stereocenters. The average Bonchev–Trinajstić information content (AvgIpc) is 2.85. The lowest BCUT2D eigenvalue weighted by Gasteiger charge is -2.12. The third kappa shape index (κ3) is 7.71. The largest absolute Gasteiger partial charge is 0.493 e. The molecular weight excluding hydrogens is 618 g/mol. The Kier molecular flexibility index (Phi) is 10.2. The Labute approximate surface area is 230 Å². The van der Waals surface area contributed by atoms with Crippen LogP contribution in [0.4, 0.5) is 5.69 Å². The molecule has 3 aromatic carbocycles. The van der Waals surface area contributed by atoms with Gasteiger partial charge in [-0.3, -0.25) is 9.59 Å². The van der Waals surface area contributed by atoms with Crippen LogP contribution in [0.25, 0.3) is 0 Å². The number of anilines is 1. The van der Waals surface area contributed by atoms with E-state index < -0.39 is 5.91 Å². The molecule has 2 N–H and O–H groups in total. The molecule has 8 nitrogen and oxygen atoms in total. The topological polar surface area (TPSA) is 98.3 Å². The molecule has 3 rings (SSSR count). The lowest BCUT2D eigenvalue weighted by atomic mass is 10.2. The van der Waals surface area contributed by atoms with Gasteiger partial charge >= 0.3 is 0 Å². The zero-order valence-corrected chi connectivity index (χ0v) is 23.2. The highest BCUT2D eigenvalue weighted by atomic mass is 79.9. The van der Waals surface area contributed by atoms with Gasteiger partial charge in [0.2, 0.25) is 0 Å². The van der Waals surface area contributed by atoms with E-state index in [4.69, 9.17) is 25.8 Å². The van der Waals surface area contributed by atoms with Crippen molar-refractivity contribution in [1.29, 1.82) is 0 Å². The van der Waals surface area contributed by atoms with Gasteiger partial charge in [0, 0.05) is 16.3 Å². The standard InChI is InChI=1S/C25H22Br2ClN3O5/c1-3-35-22-12-16(4-9-21(22)34-2)25(33)31-29-13-15-10-19(26)24(20(27)11-15)36-14-23(32)30-18-7-5-17(28)6-8-18/h4-13H,3,14H2,1-2H3,(H,30,32)(H,31,33)/b29-13+. The number of nitrogens with zero attached hydrogens (tertiary/aromatic N) is 1. The third-order valence-corrected chi connectivity index (χ3v) is 6.03. The van der Waals surface area contributed by atoms with Crippen molar-refractivity contribution in [2.24, 2.45) is 5.10 Å². The molecule has 0 radical (unpaired) electrons. The molecule has 0 heterocycles. The first-order chi connectivity index (χ1) is 17.3. The second-order valence-corrected chi connectivity index (χ2v) is 9.30. The lowest BCUT2D eigenvalue weighted by Crippen LogP contribution is -2.20. The van der Waals surface area contributed by atoms with E-state index in [9.17, 15) is 9.59 Å². The molecule has 0 saturated carbocycles. The Morgan fingerprint density at radius 2 is 1.69 bits per heavy atom. The molecule has 0 aliphatic rings. The summed E-state index contributed by atoms with van der Waals surface area (Å²) >= 11 is 12.7. The second-order valence-electron chi connectivity index (χ2n) is 7.16. The van der Waals surface area contributed by atoms with Crippen LogP contribution in [0.3, 0.4) is 0 Å². The molecule has 0 fully saturated rings. The van der Waals surface area contributed by atoms with E-state index in [1.165, 1.54) is 13.3 Å². The molecule has 188 valence electrons. The van der Waals surface area contributed by atoms with Crippen molar-refractivity contribution in [2.75, 3.05) is 25.6 Å². The molecule has 0 aliphatic heterocycles. The first-order valence-electron chi connectivity index (χ1n) is 10.6. The van der Waals surface area contributed by atoms with Gasteiger partial charge in [-0.05, 0) is 98.9 Å². The van der Waals surface area contributed by atoms with E-state index in [1.54, 1.807) is 54.6 Å². The van der Waals surface area contributed by atoms with Crippen molar-refractivity contribution >= 4 is 67.2 Å². The third-order valence-electron chi connectivity index (χ3n) is 4.60. The summed E-state index contributed by atoms with van der Waals surface area (Å²) in [5, 5.41) is 7.33. The molecule has 11 heteroatoms. The van der Waals surface area contributed by atoms with E-state index in [2.05, 4.69) is 47.7 Å². The normalized spacial score (nSPS) is 10.7.